The van der Waals surface area contributed by atoms with Gasteiger partial charge >= 0.3 is 0 Å². The number of aliphatic hydroxyl groups is 1. The first-order valence-corrected chi connectivity index (χ1v) is 9.46. The number of aryl methyl sites for hydroxylation is 1. The molecule has 0 bridgehead atoms. The fraction of sp³-hybridized carbons (Fsp3) is 0.722. The number of likely N-dealkylation sites (tertiary alicyclic amines) is 1. The molecule has 0 saturated carbocycles. The molecule has 3 N–H and O–H groups in total. The summed E-state index contributed by atoms with van der Waals surface area (Å²) < 4.78 is 10.5. The van der Waals surface area contributed by atoms with Gasteiger partial charge in [-0.05, 0) is 26.2 Å². The van der Waals surface area contributed by atoms with E-state index in [-0.39, 0.29) is 30.9 Å². The Morgan fingerprint density at radius 2 is 2.26 bits per heavy atom. The van der Waals surface area contributed by atoms with Gasteiger partial charge in [0.15, 0.2) is 5.82 Å². The maximum Gasteiger partial charge on any atom is 0.239 e. The highest BCUT2D eigenvalue weighted by molar-refractivity contribution is 5.91. The molecular weight excluding hydrogens is 352 g/mol. The van der Waals surface area contributed by atoms with E-state index >= 15 is 0 Å². The molecule has 9 nitrogen and oxygen atoms in total. The number of anilines is 1. The largest absolute Gasteiger partial charge is 0.396 e. The van der Waals surface area contributed by atoms with Crippen molar-refractivity contribution in [1.82, 2.24) is 15.4 Å². The number of nitrogens with zero attached hydrogens (tertiary/aromatic N) is 2. The zero-order valence-electron chi connectivity index (χ0n) is 15.7. The Labute approximate surface area is 158 Å². The van der Waals surface area contributed by atoms with Gasteiger partial charge in [0.25, 0.3) is 0 Å². The van der Waals surface area contributed by atoms with Crippen LogP contribution in [0, 0.1) is 18.3 Å². The number of aliphatic hydroxyl groups excluding tert-OH is 1. The predicted octanol–water partition coefficient (Wildman–Crippen LogP) is 0.149. The molecular formula is C18H28N4O5. The SMILES string of the molecule is Cc1cc(NC(=O)CN2C[C@H]3COC[C@@]3(C(=O)NCCCCCO)C2)no1. The second-order valence-corrected chi connectivity index (χ2v) is 7.45. The lowest BCUT2D eigenvalue weighted by Gasteiger charge is -2.26. The zero-order chi connectivity index (χ0) is 19.3. The number of nitrogens with one attached hydrogen (secondary N) is 2. The highest BCUT2D eigenvalue weighted by Crippen LogP contribution is 2.41. The quantitative estimate of drug-likeness (QED) is 0.522. The van der Waals surface area contributed by atoms with Crippen LogP contribution in [0.25, 0.3) is 0 Å². The van der Waals surface area contributed by atoms with E-state index in [4.69, 9.17) is 14.4 Å². The van der Waals surface area contributed by atoms with Gasteiger partial charge in [-0.15, -0.1) is 0 Å². The Morgan fingerprint density at radius 3 is 3.00 bits per heavy atom. The summed E-state index contributed by atoms with van der Waals surface area (Å²) in [6, 6.07) is 1.66. The zero-order valence-corrected chi connectivity index (χ0v) is 15.7. The third-order valence-corrected chi connectivity index (χ3v) is 5.28. The topological polar surface area (TPSA) is 117 Å². The van der Waals surface area contributed by atoms with E-state index in [0.717, 1.165) is 19.3 Å². The number of carbonyl (C=O) groups excluding carboxylic acids is 2. The highest BCUT2D eigenvalue weighted by atomic mass is 16.5. The Kier molecular flexibility index (Phi) is 6.46. The Balaban J connectivity index is 1.51. The summed E-state index contributed by atoms with van der Waals surface area (Å²) in [6.07, 6.45) is 2.48. The van der Waals surface area contributed by atoms with Crippen molar-refractivity contribution in [3.63, 3.8) is 0 Å². The van der Waals surface area contributed by atoms with Crippen molar-refractivity contribution >= 4 is 17.6 Å². The molecule has 1 aromatic heterocycles. The molecule has 2 fully saturated rings. The Morgan fingerprint density at radius 1 is 1.41 bits per heavy atom. The molecule has 0 aromatic carbocycles. The summed E-state index contributed by atoms with van der Waals surface area (Å²) >= 11 is 0. The van der Waals surface area contributed by atoms with Crippen molar-refractivity contribution in [2.24, 2.45) is 11.3 Å². The molecule has 2 atom stereocenters. The van der Waals surface area contributed by atoms with Gasteiger partial charge < -0.3 is 25.0 Å². The molecule has 0 radical (unpaired) electrons. The second-order valence-electron chi connectivity index (χ2n) is 7.45. The van der Waals surface area contributed by atoms with Crippen molar-refractivity contribution in [2.75, 3.05) is 51.3 Å². The fourth-order valence-corrected chi connectivity index (χ4v) is 3.88. The fourth-order valence-electron chi connectivity index (χ4n) is 3.88. The van der Waals surface area contributed by atoms with Crippen LogP contribution >= 0.6 is 0 Å². The van der Waals surface area contributed by atoms with Crippen LogP contribution in [-0.2, 0) is 14.3 Å². The predicted molar refractivity (Wildman–Crippen MR) is 97.0 cm³/mol. The highest BCUT2D eigenvalue weighted by Gasteiger charge is 2.55. The van der Waals surface area contributed by atoms with Gasteiger partial charge in [-0.3, -0.25) is 14.5 Å². The van der Waals surface area contributed by atoms with E-state index in [0.29, 0.717) is 44.4 Å². The minimum atomic E-state index is -0.582. The first-order valence-electron chi connectivity index (χ1n) is 9.46. The summed E-state index contributed by atoms with van der Waals surface area (Å²) in [6.45, 7) is 4.83. The van der Waals surface area contributed by atoms with Crippen LogP contribution in [0.15, 0.2) is 10.6 Å². The number of hydrogen-bond acceptors (Lipinski definition) is 7. The number of rotatable bonds is 9. The lowest BCUT2D eigenvalue weighted by molar-refractivity contribution is -0.132. The molecule has 2 amide bonds. The number of fused-ring (bicyclic) bond motifs is 1. The monoisotopic (exact) mass is 380 g/mol. The summed E-state index contributed by atoms with van der Waals surface area (Å²) in [5.74, 6) is 0.952. The van der Waals surface area contributed by atoms with Gasteiger partial charge in [0.05, 0.1) is 25.2 Å². The molecule has 9 heteroatoms. The molecule has 2 aliphatic rings. The van der Waals surface area contributed by atoms with Crippen LogP contribution in [0.3, 0.4) is 0 Å². The van der Waals surface area contributed by atoms with E-state index in [1.807, 2.05) is 4.90 Å². The lowest BCUT2D eigenvalue weighted by atomic mass is 9.80. The molecule has 0 spiro atoms. The average molecular weight is 380 g/mol. The van der Waals surface area contributed by atoms with Gasteiger partial charge in [-0.25, -0.2) is 0 Å². The van der Waals surface area contributed by atoms with Crippen molar-refractivity contribution < 1.29 is 24.0 Å². The van der Waals surface area contributed by atoms with E-state index < -0.39 is 5.41 Å². The number of carbonyl (C=O) groups is 2. The number of hydrogen-bond donors (Lipinski definition) is 3. The van der Waals surface area contributed by atoms with Gasteiger partial charge in [0.1, 0.15) is 5.76 Å². The first kappa shape index (κ1) is 19.8. The summed E-state index contributed by atoms with van der Waals surface area (Å²) in [7, 11) is 0. The van der Waals surface area contributed by atoms with E-state index in [2.05, 4.69) is 15.8 Å². The molecule has 27 heavy (non-hydrogen) atoms. The minimum Gasteiger partial charge on any atom is -0.396 e. The van der Waals surface area contributed by atoms with Crippen LogP contribution in [0.2, 0.25) is 0 Å². The van der Waals surface area contributed by atoms with Gasteiger partial charge in [-0.2, -0.15) is 0 Å². The molecule has 0 aliphatic carbocycles. The van der Waals surface area contributed by atoms with Crippen LogP contribution in [-0.4, -0.2) is 73.0 Å². The minimum absolute atomic E-state index is 0.00373. The second kappa shape index (κ2) is 8.81. The van der Waals surface area contributed by atoms with Crippen molar-refractivity contribution in [3.05, 3.63) is 11.8 Å². The lowest BCUT2D eigenvalue weighted by Crippen LogP contribution is -2.47. The van der Waals surface area contributed by atoms with Crippen molar-refractivity contribution in [3.8, 4) is 0 Å². The van der Waals surface area contributed by atoms with Gasteiger partial charge in [-0.1, -0.05) is 5.16 Å². The smallest absolute Gasteiger partial charge is 0.239 e. The molecule has 2 saturated heterocycles. The summed E-state index contributed by atoms with van der Waals surface area (Å²) in [5, 5.41) is 18.3. The van der Waals surface area contributed by atoms with Crippen molar-refractivity contribution in [1.29, 1.82) is 0 Å². The molecule has 1 aromatic rings. The summed E-state index contributed by atoms with van der Waals surface area (Å²) in [5.41, 5.74) is -0.582. The molecule has 0 unspecified atom stereocenters. The maximum absolute atomic E-state index is 12.8. The molecule has 3 heterocycles. The van der Waals surface area contributed by atoms with Gasteiger partial charge in [0.2, 0.25) is 11.8 Å². The normalized spacial score (nSPS) is 24.7. The standard InChI is InChI=1S/C18H28N4O5/c1-13-7-15(21-27-13)20-16(24)9-22-8-14-10-26-12-18(14,11-22)17(25)19-5-3-2-4-6-23/h7,14,23H,2-6,8-12H2,1H3,(H,19,25)(H,20,21,24)/t14-,18-/m0/s1. The van der Waals surface area contributed by atoms with Crippen LogP contribution < -0.4 is 10.6 Å². The third kappa shape index (κ3) is 4.66. The van der Waals surface area contributed by atoms with E-state index in [1.165, 1.54) is 0 Å². The first-order chi connectivity index (χ1) is 13.0. The number of ether oxygens (including phenoxy) is 1. The molecule has 150 valence electrons. The van der Waals surface area contributed by atoms with Crippen molar-refractivity contribution in [2.45, 2.75) is 26.2 Å². The summed E-state index contributed by atoms with van der Waals surface area (Å²) in [4.78, 5) is 27.1. The number of unbranched alkanes of at least 4 members (excludes halogenated alkanes) is 2. The van der Waals surface area contributed by atoms with Crippen LogP contribution in [0.1, 0.15) is 25.0 Å². The Hall–Kier alpha value is -1.97. The average Bonchev–Trinajstić information content (AvgIpc) is 3.29. The third-order valence-electron chi connectivity index (χ3n) is 5.28. The molecule has 2 aliphatic heterocycles. The number of aromatic nitrogens is 1. The van der Waals surface area contributed by atoms with Gasteiger partial charge in [0, 0.05) is 38.2 Å². The Bertz CT molecular complexity index is 664. The van der Waals surface area contributed by atoms with E-state index in [9.17, 15) is 9.59 Å². The van der Waals surface area contributed by atoms with Crippen LogP contribution in [0.4, 0.5) is 5.82 Å². The van der Waals surface area contributed by atoms with E-state index in [1.54, 1.807) is 13.0 Å². The maximum atomic E-state index is 12.8. The van der Waals surface area contributed by atoms with Crippen LogP contribution in [0.5, 0.6) is 0 Å². The number of amides is 2. The molecule has 3 rings (SSSR count).